The molecule has 2 N–H and O–H groups in total. The maximum Gasteiger partial charge on any atom is 0.387 e. The number of rotatable bonds is 6. The summed E-state index contributed by atoms with van der Waals surface area (Å²) in [6.45, 7) is -2.96. The molecule has 0 unspecified atom stereocenters. The summed E-state index contributed by atoms with van der Waals surface area (Å²) in [5.41, 5.74) is 1.57. The summed E-state index contributed by atoms with van der Waals surface area (Å²) in [6.07, 6.45) is 0. The average Bonchev–Trinajstić information content (AvgIpc) is 3.02. The molecule has 0 saturated carbocycles. The fourth-order valence-corrected chi connectivity index (χ4v) is 2.41. The van der Waals surface area contributed by atoms with Gasteiger partial charge in [-0.2, -0.15) is 8.78 Å². The van der Waals surface area contributed by atoms with E-state index in [-0.39, 0.29) is 23.6 Å². The van der Waals surface area contributed by atoms with E-state index in [1.165, 1.54) is 25.3 Å². The number of nitrogens with one attached hydrogen (secondary N) is 2. The van der Waals surface area contributed by atoms with Crippen LogP contribution in [0, 0.1) is 0 Å². The molecule has 0 radical (unpaired) electrons. The molecule has 2 aromatic carbocycles. The number of methoxy groups -OCH3 is 1. The number of ether oxygens (including phenoxy) is 2. The number of hydrogen-bond acceptors (Lipinski definition) is 4. The third-order valence-corrected chi connectivity index (χ3v) is 3.51. The first-order valence-electron chi connectivity index (χ1n) is 7.42. The Morgan fingerprint density at radius 3 is 2.76 bits per heavy atom. The molecule has 1 aromatic heterocycles. The van der Waals surface area contributed by atoms with Gasteiger partial charge in [0.1, 0.15) is 5.82 Å². The summed E-state index contributed by atoms with van der Waals surface area (Å²) in [4.78, 5) is 19.8. The first kappa shape index (κ1) is 16.7. The highest BCUT2D eigenvalue weighted by Crippen LogP contribution is 2.32. The Morgan fingerprint density at radius 1 is 1.24 bits per heavy atom. The van der Waals surface area contributed by atoms with Gasteiger partial charge < -0.3 is 19.8 Å². The van der Waals surface area contributed by atoms with Crippen LogP contribution in [-0.4, -0.2) is 29.6 Å². The van der Waals surface area contributed by atoms with Crippen LogP contribution in [0.3, 0.4) is 0 Å². The van der Waals surface area contributed by atoms with E-state index in [1.807, 2.05) is 24.3 Å². The van der Waals surface area contributed by atoms with E-state index in [0.29, 0.717) is 5.82 Å². The number of hydrogen-bond donors (Lipinski definition) is 2. The summed E-state index contributed by atoms with van der Waals surface area (Å²) in [6, 6.07) is 11.8. The summed E-state index contributed by atoms with van der Waals surface area (Å²) < 4.78 is 34.7. The van der Waals surface area contributed by atoms with E-state index in [2.05, 4.69) is 20.0 Å². The van der Waals surface area contributed by atoms with Crippen molar-refractivity contribution in [3.8, 4) is 11.5 Å². The van der Waals surface area contributed by atoms with Crippen molar-refractivity contribution in [2.75, 3.05) is 7.11 Å². The van der Waals surface area contributed by atoms with E-state index >= 15 is 0 Å². The van der Waals surface area contributed by atoms with Crippen molar-refractivity contribution in [3.05, 3.63) is 53.9 Å². The highest BCUT2D eigenvalue weighted by Gasteiger charge is 2.20. The van der Waals surface area contributed by atoms with Crippen LogP contribution >= 0.6 is 0 Å². The molecule has 3 aromatic rings. The van der Waals surface area contributed by atoms with Crippen LogP contribution in [0.25, 0.3) is 11.0 Å². The number of H-pyrrole nitrogens is 1. The Kier molecular flexibility index (Phi) is 4.78. The summed E-state index contributed by atoms with van der Waals surface area (Å²) >= 11 is 0. The summed E-state index contributed by atoms with van der Waals surface area (Å²) in [7, 11) is 1.31. The second kappa shape index (κ2) is 7.16. The third-order valence-electron chi connectivity index (χ3n) is 3.51. The van der Waals surface area contributed by atoms with Gasteiger partial charge in [0, 0.05) is 0 Å². The first-order valence-corrected chi connectivity index (χ1v) is 7.42. The SMILES string of the molecule is COc1cccc(C(=O)NCc2nc3ccccc3[nH]2)c1OC(F)F. The van der Waals surface area contributed by atoms with Gasteiger partial charge in [-0.1, -0.05) is 18.2 Å². The lowest BCUT2D eigenvalue weighted by Gasteiger charge is -2.14. The lowest BCUT2D eigenvalue weighted by atomic mass is 10.1. The Bertz CT molecular complexity index is 863. The molecule has 6 nitrogen and oxygen atoms in total. The number of halogens is 2. The molecule has 25 heavy (non-hydrogen) atoms. The Hall–Kier alpha value is -3.16. The average molecular weight is 347 g/mol. The van der Waals surface area contributed by atoms with Gasteiger partial charge in [0.2, 0.25) is 0 Å². The van der Waals surface area contributed by atoms with Crippen LogP contribution in [-0.2, 0) is 6.54 Å². The zero-order valence-corrected chi connectivity index (χ0v) is 13.3. The van der Waals surface area contributed by atoms with Crippen molar-refractivity contribution in [3.63, 3.8) is 0 Å². The van der Waals surface area contributed by atoms with Crippen LogP contribution in [0.4, 0.5) is 8.78 Å². The standard InChI is InChI=1S/C17H15F2N3O3/c1-24-13-8-4-5-10(15(13)25-17(18)19)16(23)20-9-14-21-11-6-2-3-7-12(11)22-14/h2-8,17H,9H2,1H3,(H,20,23)(H,21,22). The van der Waals surface area contributed by atoms with Gasteiger partial charge in [-0.3, -0.25) is 4.79 Å². The van der Waals surface area contributed by atoms with Crippen LogP contribution < -0.4 is 14.8 Å². The maximum atomic E-state index is 12.6. The van der Waals surface area contributed by atoms with Crippen molar-refractivity contribution in [2.45, 2.75) is 13.2 Å². The Morgan fingerprint density at radius 2 is 2.04 bits per heavy atom. The van der Waals surface area contributed by atoms with Crippen molar-refractivity contribution < 1.29 is 23.0 Å². The molecule has 0 saturated heterocycles. The predicted molar refractivity (Wildman–Crippen MR) is 86.9 cm³/mol. The zero-order chi connectivity index (χ0) is 17.8. The first-order chi connectivity index (χ1) is 12.1. The van der Waals surface area contributed by atoms with Crippen molar-refractivity contribution >= 4 is 16.9 Å². The van der Waals surface area contributed by atoms with Gasteiger partial charge in [0.05, 0.1) is 30.3 Å². The van der Waals surface area contributed by atoms with E-state index in [1.54, 1.807) is 0 Å². The summed E-state index contributed by atoms with van der Waals surface area (Å²) in [5, 5.41) is 2.63. The number of para-hydroxylation sites is 3. The van der Waals surface area contributed by atoms with Gasteiger partial charge in [-0.15, -0.1) is 0 Å². The molecule has 0 fully saturated rings. The predicted octanol–water partition coefficient (Wildman–Crippen LogP) is 3.10. The Balaban J connectivity index is 1.78. The van der Waals surface area contributed by atoms with Gasteiger partial charge in [0.25, 0.3) is 5.91 Å². The van der Waals surface area contributed by atoms with Gasteiger partial charge in [-0.25, -0.2) is 4.98 Å². The number of aromatic nitrogens is 2. The minimum atomic E-state index is -3.07. The molecule has 3 rings (SSSR count). The van der Waals surface area contributed by atoms with Crippen molar-refractivity contribution in [1.29, 1.82) is 0 Å². The number of amides is 1. The molecule has 0 bridgehead atoms. The number of aromatic amines is 1. The number of carbonyl (C=O) groups excluding carboxylic acids is 1. The van der Waals surface area contributed by atoms with Gasteiger partial charge >= 0.3 is 6.61 Å². The maximum absolute atomic E-state index is 12.6. The van der Waals surface area contributed by atoms with Gasteiger partial charge in [0.15, 0.2) is 11.5 Å². The molecule has 0 spiro atoms. The van der Waals surface area contributed by atoms with Crippen molar-refractivity contribution in [1.82, 2.24) is 15.3 Å². The van der Waals surface area contributed by atoms with E-state index < -0.39 is 12.5 Å². The fourth-order valence-electron chi connectivity index (χ4n) is 2.41. The molecule has 1 amide bonds. The molecule has 0 aliphatic rings. The third kappa shape index (κ3) is 3.68. The second-order valence-corrected chi connectivity index (χ2v) is 5.10. The van der Waals surface area contributed by atoms with Gasteiger partial charge in [-0.05, 0) is 24.3 Å². The lowest BCUT2D eigenvalue weighted by molar-refractivity contribution is -0.0515. The highest BCUT2D eigenvalue weighted by atomic mass is 19.3. The topological polar surface area (TPSA) is 76.2 Å². The summed E-state index contributed by atoms with van der Waals surface area (Å²) in [5.74, 6) is -0.275. The molecule has 130 valence electrons. The Labute approximate surface area is 141 Å². The molecule has 1 heterocycles. The molecular weight excluding hydrogens is 332 g/mol. The minimum Gasteiger partial charge on any atom is -0.493 e. The van der Waals surface area contributed by atoms with Crippen LogP contribution in [0.2, 0.25) is 0 Å². The number of alkyl halides is 2. The molecule has 8 heteroatoms. The molecule has 0 aliphatic heterocycles. The fraction of sp³-hybridized carbons (Fsp3) is 0.176. The molecule has 0 aliphatic carbocycles. The van der Waals surface area contributed by atoms with Crippen LogP contribution in [0.15, 0.2) is 42.5 Å². The molecule has 0 atom stereocenters. The minimum absolute atomic E-state index is 0.0456. The monoisotopic (exact) mass is 347 g/mol. The van der Waals surface area contributed by atoms with E-state index in [9.17, 15) is 13.6 Å². The molecular formula is C17H15F2N3O3. The largest absolute Gasteiger partial charge is 0.493 e. The number of nitrogens with zero attached hydrogens (tertiary/aromatic N) is 1. The van der Waals surface area contributed by atoms with Crippen molar-refractivity contribution in [2.24, 2.45) is 0 Å². The van der Waals surface area contributed by atoms with Crippen LogP contribution in [0.1, 0.15) is 16.2 Å². The lowest BCUT2D eigenvalue weighted by Crippen LogP contribution is -2.24. The van der Waals surface area contributed by atoms with E-state index in [0.717, 1.165) is 11.0 Å². The number of fused-ring (bicyclic) bond motifs is 1. The quantitative estimate of drug-likeness (QED) is 0.718. The highest BCUT2D eigenvalue weighted by molar-refractivity contribution is 5.97. The smallest absolute Gasteiger partial charge is 0.387 e. The number of imidazole rings is 1. The number of carbonyl (C=O) groups is 1. The normalized spacial score (nSPS) is 10.9. The van der Waals surface area contributed by atoms with E-state index in [4.69, 9.17) is 4.74 Å². The number of benzene rings is 2. The zero-order valence-electron chi connectivity index (χ0n) is 13.3. The van der Waals surface area contributed by atoms with Crippen LogP contribution in [0.5, 0.6) is 11.5 Å². The second-order valence-electron chi connectivity index (χ2n) is 5.10.